The molecule has 7 heteroatoms. The Morgan fingerprint density at radius 3 is 2.46 bits per heavy atom. The van der Waals surface area contributed by atoms with Gasteiger partial charge in [0, 0.05) is 17.7 Å². The average molecular weight is 325 g/mol. The van der Waals surface area contributed by atoms with Gasteiger partial charge in [-0.15, -0.1) is 0 Å². The highest BCUT2D eigenvalue weighted by molar-refractivity contribution is 5.95. The van der Waals surface area contributed by atoms with Crippen molar-refractivity contribution in [1.29, 1.82) is 0 Å². The Labute approximate surface area is 138 Å². The van der Waals surface area contributed by atoms with Gasteiger partial charge in [0.25, 0.3) is 11.6 Å². The number of benzene rings is 2. The van der Waals surface area contributed by atoms with Gasteiger partial charge in [0.1, 0.15) is 12.4 Å². The Morgan fingerprint density at radius 2 is 1.88 bits per heavy atom. The highest BCUT2D eigenvalue weighted by atomic mass is 16.6. The van der Waals surface area contributed by atoms with Gasteiger partial charge in [0.2, 0.25) is 0 Å². The Kier molecular flexibility index (Phi) is 5.79. The Hall–Kier alpha value is -3.48. The highest BCUT2D eigenvalue weighted by Crippen LogP contribution is 2.12. The highest BCUT2D eigenvalue weighted by Gasteiger charge is 2.08. The number of non-ortho nitro benzene ring substituents is 1. The van der Waals surface area contributed by atoms with Gasteiger partial charge in [0.15, 0.2) is 0 Å². The molecule has 1 N–H and O–H groups in total. The molecule has 0 bridgehead atoms. The molecule has 0 saturated carbocycles. The van der Waals surface area contributed by atoms with E-state index < -0.39 is 10.8 Å². The van der Waals surface area contributed by atoms with E-state index in [-0.39, 0.29) is 11.3 Å². The van der Waals surface area contributed by atoms with Crippen molar-refractivity contribution in [2.24, 2.45) is 5.10 Å². The Bertz CT molecular complexity index is 752. The fourth-order valence-electron chi connectivity index (χ4n) is 1.77. The van der Waals surface area contributed by atoms with Gasteiger partial charge < -0.3 is 4.74 Å². The lowest BCUT2D eigenvalue weighted by molar-refractivity contribution is -0.384. The van der Waals surface area contributed by atoms with Crippen molar-refractivity contribution in [2.45, 2.75) is 0 Å². The van der Waals surface area contributed by atoms with Crippen molar-refractivity contribution in [3.8, 4) is 5.75 Å². The maximum absolute atomic E-state index is 11.9. The number of hydrazone groups is 1. The number of hydrogen-bond donors (Lipinski definition) is 1. The number of nitrogens with one attached hydrogen (secondary N) is 1. The largest absolute Gasteiger partial charge is 0.490 e. The summed E-state index contributed by atoms with van der Waals surface area (Å²) in [7, 11) is 0. The zero-order valence-corrected chi connectivity index (χ0v) is 12.7. The second kappa shape index (κ2) is 8.23. The first kappa shape index (κ1) is 16.9. The van der Waals surface area contributed by atoms with Crippen LogP contribution in [0.25, 0.3) is 0 Å². The first-order chi connectivity index (χ1) is 11.6. The van der Waals surface area contributed by atoms with Crippen molar-refractivity contribution in [3.63, 3.8) is 0 Å². The van der Waals surface area contributed by atoms with Gasteiger partial charge in [-0.2, -0.15) is 5.10 Å². The van der Waals surface area contributed by atoms with E-state index in [0.29, 0.717) is 12.4 Å². The molecule has 2 aromatic rings. The third-order valence-corrected chi connectivity index (χ3v) is 2.97. The molecule has 0 fully saturated rings. The monoisotopic (exact) mass is 325 g/mol. The molecule has 2 rings (SSSR count). The van der Waals surface area contributed by atoms with E-state index in [9.17, 15) is 14.9 Å². The standard InChI is InChI=1S/C17H15N3O4/c1-2-11-24-16-9-3-13(4-10-16)12-18-19-17(21)14-5-7-15(8-6-14)20(22)23/h2-10,12H,1,11H2,(H,19,21). The van der Waals surface area contributed by atoms with Crippen LogP contribution in [0.1, 0.15) is 15.9 Å². The van der Waals surface area contributed by atoms with E-state index in [1.165, 1.54) is 30.5 Å². The molecule has 0 aliphatic carbocycles. The van der Waals surface area contributed by atoms with Crippen LogP contribution in [0.15, 0.2) is 66.3 Å². The van der Waals surface area contributed by atoms with E-state index in [2.05, 4.69) is 17.1 Å². The zero-order chi connectivity index (χ0) is 17.4. The number of rotatable bonds is 7. The number of nitro benzene ring substituents is 1. The number of nitro groups is 1. The summed E-state index contributed by atoms with van der Waals surface area (Å²) < 4.78 is 5.36. The SMILES string of the molecule is C=CCOc1ccc(C=NNC(=O)c2ccc([N+](=O)[O-])cc2)cc1. The maximum Gasteiger partial charge on any atom is 0.271 e. The lowest BCUT2D eigenvalue weighted by Gasteiger charge is -2.02. The van der Waals surface area contributed by atoms with Crippen LogP contribution in [0.3, 0.4) is 0 Å². The van der Waals surface area contributed by atoms with Crippen molar-refractivity contribution in [2.75, 3.05) is 6.61 Å². The van der Waals surface area contributed by atoms with E-state index in [1.807, 2.05) is 0 Å². The van der Waals surface area contributed by atoms with E-state index in [4.69, 9.17) is 4.74 Å². The van der Waals surface area contributed by atoms with E-state index >= 15 is 0 Å². The molecule has 0 aromatic heterocycles. The fourth-order valence-corrected chi connectivity index (χ4v) is 1.77. The third kappa shape index (κ3) is 4.77. The lowest BCUT2D eigenvalue weighted by Crippen LogP contribution is -2.17. The van der Waals surface area contributed by atoms with Crippen molar-refractivity contribution < 1.29 is 14.5 Å². The molecule has 2 aromatic carbocycles. The van der Waals surface area contributed by atoms with Gasteiger partial charge in [-0.1, -0.05) is 12.7 Å². The average Bonchev–Trinajstić information content (AvgIpc) is 2.61. The molecule has 0 atom stereocenters. The Morgan fingerprint density at radius 1 is 1.21 bits per heavy atom. The summed E-state index contributed by atoms with van der Waals surface area (Å²) >= 11 is 0. The van der Waals surface area contributed by atoms with Gasteiger partial charge in [-0.25, -0.2) is 5.43 Å². The molecule has 0 heterocycles. The Balaban J connectivity index is 1.91. The quantitative estimate of drug-likeness (QED) is 0.366. The molecular formula is C17H15N3O4. The first-order valence-corrected chi connectivity index (χ1v) is 7.02. The van der Waals surface area contributed by atoms with Gasteiger partial charge >= 0.3 is 0 Å². The molecule has 0 radical (unpaired) electrons. The second-order valence-electron chi connectivity index (χ2n) is 4.67. The van der Waals surface area contributed by atoms with Crippen LogP contribution in [0, 0.1) is 10.1 Å². The maximum atomic E-state index is 11.9. The van der Waals surface area contributed by atoms with Crippen LogP contribution in [0.5, 0.6) is 5.75 Å². The number of hydrogen-bond acceptors (Lipinski definition) is 5. The molecule has 24 heavy (non-hydrogen) atoms. The number of ether oxygens (including phenoxy) is 1. The molecule has 122 valence electrons. The minimum Gasteiger partial charge on any atom is -0.490 e. The van der Waals surface area contributed by atoms with Gasteiger partial charge in [-0.05, 0) is 42.0 Å². The lowest BCUT2D eigenvalue weighted by atomic mass is 10.2. The van der Waals surface area contributed by atoms with E-state index in [0.717, 1.165) is 5.56 Å². The molecular weight excluding hydrogens is 310 g/mol. The van der Waals surface area contributed by atoms with Crippen LogP contribution >= 0.6 is 0 Å². The summed E-state index contributed by atoms with van der Waals surface area (Å²) in [4.78, 5) is 21.9. The van der Waals surface area contributed by atoms with Crippen LogP contribution in [-0.4, -0.2) is 23.7 Å². The third-order valence-electron chi connectivity index (χ3n) is 2.97. The smallest absolute Gasteiger partial charge is 0.271 e. The van der Waals surface area contributed by atoms with Gasteiger partial charge in [0.05, 0.1) is 11.1 Å². The summed E-state index contributed by atoms with van der Waals surface area (Å²) in [5.41, 5.74) is 3.35. The summed E-state index contributed by atoms with van der Waals surface area (Å²) in [6, 6.07) is 12.4. The second-order valence-corrected chi connectivity index (χ2v) is 4.67. The summed E-state index contributed by atoms with van der Waals surface area (Å²) in [6.45, 7) is 4.00. The zero-order valence-electron chi connectivity index (χ0n) is 12.7. The molecule has 0 unspecified atom stereocenters. The summed E-state index contributed by atoms with van der Waals surface area (Å²) in [5.74, 6) is 0.258. The molecule has 1 amide bonds. The van der Waals surface area contributed by atoms with Crippen molar-refractivity contribution >= 4 is 17.8 Å². The summed E-state index contributed by atoms with van der Waals surface area (Å²) in [5, 5.41) is 14.4. The fraction of sp³-hybridized carbons (Fsp3) is 0.0588. The molecule has 0 spiro atoms. The predicted molar refractivity (Wildman–Crippen MR) is 90.3 cm³/mol. The van der Waals surface area contributed by atoms with Crippen LogP contribution in [0.4, 0.5) is 5.69 Å². The minimum atomic E-state index is -0.526. The van der Waals surface area contributed by atoms with E-state index in [1.54, 1.807) is 30.3 Å². The van der Waals surface area contributed by atoms with Crippen molar-refractivity contribution in [3.05, 3.63) is 82.4 Å². The number of amides is 1. The summed E-state index contributed by atoms with van der Waals surface area (Å²) in [6.07, 6.45) is 3.14. The molecule has 0 saturated heterocycles. The number of nitrogens with zero attached hydrogens (tertiary/aromatic N) is 2. The van der Waals surface area contributed by atoms with Crippen LogP contribution in [-0.2, 0) is 0 Å². The molecule has 0 aliphatic heterocycles. The predicted octanol–water partition coefficient (Wildman–Crippen LogP) is 2.92. The van der Waals surface area contributed by atoms with Gasteiger partial charge in [-0.3, -0.25) is 14.9 Å². The van der Waals surface area contributed by atoms with Crippen molar-refractivity contribution in [1.82, 2.24) is 5.43 Å². The normalized spacial score (nSPS) is 10.3. The number of carbonyl (C=O) groups excluding carboxylic acids is 1. The minimum absolute atomic E-state index is 0.0752. The molecule has 0 aliphatic rings. The molecule has 7 nitrogen and oxygen atoms in total. The number of carbonyl (C=O) groups is 1. The first-order valence-electron chi connectivity index (χ1n) is 7.02. The topological polar surface area (TPSA) is 93.8 Å². The van der Waals surface area contributed by atoms with Crippen LogP contribution in [0.2, 0.25) is 0 Å². The van der Waals surface area contributed by atoms with Crippen LogP contribution < -0.4 is 10.2 Å².